The number of nitrogens with one attached hydrogen (secondary N) is 2. The van der Waals surface area contributed by atoms with Gasteiger partial charge in [0.25, 0.3) is 0 Å². The van der Waals surface area contributed by atoms with Gasteiger partial charge in [-0.2, -0.15) is 0 Å². The number of amides is 1. The highest BCUT2D eigenvalue weighted by Gasteiger charge is 2.52. The molecule has 1 fully saturated rings. The van der Waals surface area contributed by atoms with Crippen LogP contribution >= 0.6 is 0 Å². The van der Waals surface area contributed by atoms with E-state index in [2.05, 4.69) is 16.4 Å². The normalized spacial score (nSPS) is 16.8. The Morgan fingerprint density at radius 2 is 1.96 bits per heavy atom. The number of aromatic nitrogens is 1. The molecule has 0 unspecified atom stereocenters. The molecule has 0 saturated heterocycles. The largest absolute Gasteiger partial charge is 0.454 e. The number of fused-ring (bicyclic) bond motifs is 2. The van der Waals surface area contributed by atoms with Crippen LogP contribution in [-0.4, -0.2) is 17.7 Å². The summed E-state index contributed by atoms with van der Waals surface area (Å²) in [7, 11) is 0. The fourth-order valence-corrected chi connectivity index (χ4v) is 3.61. The second-order valence-corrected chi connectivity index (χ2v) is 6.70. The van der Waals surface area contributed by atoms with Crippen LogP contribution in [0.15, 0.2) is 48.7 Å². The summed E-state index contributed by atoms with van der Waals surface area (Å²) in [6.07, 6.45) is 3.77. The maximum absolute atomic E-state index is 12.9. The van der Waals surface area contributed by atoms with Crippen LogP contribution in [0, 0.1) is 0 Å². The second-order valence-electron chi connectivity index (χ2n) is 6.70. The molecule has 2 N–H and O–H groups in total. The molecule has 0 bridgehead atoms. The van der Waals surface area contributed by atoms with Gasteiger partial charge < -0.3 is 19.8 Å². The smallest absolute Gasteiger partial charge is 0.231 e. The zero-order valence-corrected chi connectivity index (χ0v) is 13.7. The lowest BCUT2D eigenvalue weighted by atomic mass is 9.94. The summed E-state index contributed by atoms with van der Waals surface area (Å²) in [6.45, 7) is 0.744. The first kappa shape index (κ1) is 14.4. The lowest BCUT2D eigenvalue weighted by Crippen LogP contribution is -2.34. The third-order valence-corrected chi connectivity index (χ3v) is 5.18. The quantitative estimate of drug-likeness (QED) is 0.770. The van der Waals surface area contributed by atoms with Gasteiger partial charge >= 0.3 is 0 Å². The Morgan fingerprint density at radius 1 is 1.12 bits per heavy atom. The predicted molar refractivity (Wildman–Crippen MR) is 93.6 cm³/mol. The Kier molecular flexibility index (Phi) is 3.04. The molecule has 5 nitrogen and oxygen atoms in total. The van der Waals surface area contributed by atoms with Crippen molar-refractivity contribution in [3.8, 4) is 11.5 Å². The molecule has 1 amide bonds. The van der Waals surface area contributed by atoms with Crippen molar-refractivity contribution in [1.29, 1.82) is 0 Å². The lowest BCUT2D eigenvalue weighted by molar-refractivity contribution is -0.123. The Morgan fingerprint density at radius 3 is 2.84 bits per heavy atom. The zero-order chi connectivity index (χ0) is 16.9. The molecule has 5 rings (SSSR count). The van der Waals surface area contributed by atoms with Crippen LogP contribution in [0.5, 0.6) is 11.5 Å². The van der Waals surface area contributed by atoms with Gasteiger partial charge in [-0.1, -0.05) is 24.3 Å². The van der Waals surface area contributed by atoms with Gasteiger partial charge in [0.2, 0.25) is 12.7 Å². The maximum atomic E-state index is 12.9. The third kappa shape index (κ3) is 2.27. The summed E-state index contributed by atoms with van der Waals surface area (Å²) in [4.78, 5) is 16.2. The highest BCUT2D eigenvalue weighted by Crippen LogP contribution is 2.50. The fourth-order valence-electron chi connectivity index (χ4n) is 3.61. The van der Waals surface area contributed by atoms with Crippen LogP contribution < -0.4 is 14.8 Å². The zero-order valence-electron chi connectivity index (χ0n) is 13.7. The molecule has 126 valence electrons. The number of rotatable bonds is 4. The van der Waals surface area contributed by atoms with Crippen molar-refractivity contribution in [3.05, 3.63) is 59.8 Å². The van der Waals surface area contributed by atoms with Gasteiger partial charge in [-0.3, -0.25) is 4.79 Å². The van der Waals surface area contributed by atoms with Gasteiger partial charge in [0.1, 0.15) is 0 Å². The van der Waals surface area contributed by atoms with Gasteiger partial charge in [-0.05, 0) is 42.2 Å². The monoisotopic (exact) mass is 334 g/mol. The van der Waals surface area contributed by atoms with Crippen LogP contribution in [0.25, 0.3) is 10.9 Å². The van der Waals surface area contributed by atoms with E-state index in [1.807, 2.05) is 42.6 Å². The van der Waals surface area contributed by atoms with Crippen molar-refractivity contribution in [2.75, 3.05) is 6.79 Å². The number of H-pyrrole nitrogens is 1. The Balaban J connectivity index is 1.36. The van der Waals surface area contributed by atoms with Crippen molar-refractivity contribution in [2.45, 2.75) is 24.8 Å². The van der Waals surface area contributed by atoms with Crippen molar-refractivity contribution in [2.24, 2.45) is 0 Å². The number of aromatic amines is 1. The molecule has 0 radical (unpaired) electrons. The summed E-state index contributed by atoms with van der Waals surface area (Å²) in [5.41, 5.74) is 2.79. The van der Waals surface area contributed by atoms with Crippen molar-refractivity contribution >= 4 is 16.8 Å². The molecule has 1 aliphatic heterocycles. The number of hydrogen-bond acceptors (Lipinski definition) is 3. The van der Waals surface area contributed by atoms with Crippen LogP contribution in [0.4, 0.5) is 0 Å². The minimum atomic E-state index is -0.393. The number of benzene rings is 2. The molecule has 2 heterocycles. The minimum absolute atomic E-state index is 0.0925. The Bertz CT molecular complexity index is 972. The summed E-state index contributed by atoms with van der Waals surface area (Å²) in [5, 5.41) is 4.23. The van der Waals surface area contributed by atoms with Crippen molar-refractivity contribution in [3.63, 3.8) is 0 Å². The summed E-state index contributed by atoms with van der Waals surface area (Å²) in [6, 6.07) is 13.9. The highest BCUT2D eigenvalue weighted by atomic mass is 16.7. The molecule has 1 aliphatic carbocycles. The predicted octanol–water partition coefficient (Wildman–Crippen LogP) is 3.24. The van der Waals surface area contributed by atoms with E-state index in [0.29, 0.717) is 6.54 Å². The van der Waals surface area contributed by atoms with E-state index < -0.39 is 5.41 Å². The molecule has 0 spiro atoms. The van der Waals surface area contributed by atoms with Gasteiger partial charge in [-0.15, -0.1) is 0 Å². The van der Waals surface area contributed by atoms with Crippen LogP contribution in [0.1, 0.15) is 24.0 Å². The first-order valence-corrected chi connectivity index (χ1v) is 8.50. The Hall–Kier alpha value is -2.95. The number of carbonyl (C=O) groups excluding carboxylic acids is 1. The number of para-hydroxylation sites is 1. The van der Waals surface area contributed by atoms with Crippen molar-refractivity contribution in [1.82, 2.24) is 10.3 Å². The van der Waals surface area contributed by atoms with E-state index in [1.165, 1.54) is 0 Å². The van der Waals surface area contributed by atoms with Gasteiger partial charge in [0.05, 0.1) is 5.41 Å². The Labute approximate surface area is 144 Å². The van der Waals surface area contributed by atoms with Gasteiger partial charge in [0, 0.05) is 23.6 Å². The fraction of sp³-hybridized carbons (Fsp3) is 0.250. The first-order valence-electron chi connectivity index (χ1n) is 8.50. The number of ether oxygens (including phenoxy) is 2. The molecule has 5 heteroatoms. The standard InChI is InChI=1S/C20H18N2O3/c23-19(22-10-13-5-6-17-18(9-13)25-12-24-17)20(7-8-20)15-11-21-16-4-2-1-3-14(15)16/h1-6,9,11,21H,7-8,10,12H2,(H,22,23). The van der Waals surface area contributed by atoms with Gasteiger partial charge in [0.15, 0.2) is 11.5 Å². The van der Waals surface area contributed by atoms with Crippen LogP contribution in [0.3, 0.4) is 0 Å². The molecule has 25 heavy (non-hydrogen) atoms. The van der Waals surface area contributed by atoms with E-state index in [4.69, 9.17) is 9.47 Å². The van der Waals surface area contributed by atoms with Crippen LogP contribution in [0.2, 0.25) is 0 Å². The second kappa shape index (κ2) is 5.28. The first-order chi connectivity index (χ1) is 12.3. The lowest BCUT2D eigenvalue weighted by Gasteiger charge is -2.15. The summed E-state index contributed by atoms with van der Waals surface area (Å²) >= 11 is 0. The van der Waals surface area contributed by atoms with Gasteiger partial charge in [-0.25, -0.2) is 0 Å². The average Bonchev–Trinajstić information content (AvgIpc) is 3.13. The van der Waals surface area contributed by atoms with Crippen LogP contribution in [-0.2, 0) is 16.8 Å². The van der Waals surface area contributed by atoms with E-state index in [9.17, 15) is 4.79 Å². The molecule has 1 aromatic heterocycles. The summed E-state index contributed by atoms with van der Waals surface area (Å²) in [5.74, 6) is 1.59. The third-order valence-electron chi connectivity index (χ3n) is 5.18. The minimum Gasteiger partial charge on any atom is -0.454 e. The molecular formula is C20H18N2O3. The van der Waals surface area contributed by atoms with E-state index in [-0.39, 0.29) is 12.7 Å². The molecular weight excluding hydrogens is 316 g/mol. The van der Waals surface area contributed by atoms with E-state index >= 15 is 0 Å². The van der Waals surface area contributed by atoms with Crippen molar-refractivity contribution < 1.29 is 14.3 Å². The van der Waals surface area contributed by atoms with E-state index in [1.54, 1.807) is 0 Å². The summed E-state index contributed by atoms with van der Waals surface area (Å²) < 4.78 is 10.7. The highest BCUT2D eigenvalue weighted by molar-refractivity contribution is 5.97. The number of carbonyl (C=O) groups is 1. The topological polar surface area (TPSA) is 63.4 Å². The van der Waals surface area contributed by atoms with E-state index in [0.717, 1.165) is 46.4 Å². The molecule has 2 aromatic carbocycles. The molecule has 0 atom stereocenters. The molecule has 1 saturated carbocycles. The maximum Gasteiger partial charge on any atom is 0.231 e. The molecule has 3 aromatic rings. The number of hydrogen-bond donors (Lipinski definition) is 2. The molecule has 2 aliphatic rings. The average molecular weight is 334 g/mol. The SMILES string of the molecule is O=C(NCc1ccc2c(c1)OCO2)C1(c2c[nH]c3ccccc23)CC1.